The van der Waals surface area contributed by atoms with Crippen LogP contribution in [0.3, 0.4) is 0 Å². The third-order valence-electron chi connectivity index (χ3n) is 7.21. The number of hydrogen-bond donors (Lipinski definition) is 0. The monoisotopic (exact) mass is 479 g/mol. The van der Waals surface area contributed by atoms with Crippen molar-refractivity contribution in [3.8, 4) is 11.5 Å². The lowest BCUT2D eigenvalue weighted by Gasteiger charge is -2.54. The molecule has 2 amide bonds. The van der Waals surface area contributed by atoms with Gasteiger partial charge in [-0.25, -0.2) is 4.90 Å². The van der Waals surface area contributed by atoms with E-state index >= 15 is 0 Å². The number of halogens is 2. The number of imide groups is 1. The summed E-state index contributed by atoms with van der Waals surface area (Å²) in [6, 6.07) is 20.1. The van der Waals surface area contributed by atoms with Gasteiger partial charge < -0.3 is 9.47 Å². The van der Waals surface area contributed by atoms with Gasteiger partial charge in [-0.15, -0.1) is 23.2 Å². The first kappa shape index (κ1) is 20.6. The Labute approximate surface area is 200 Å². The molecule has 1 saturated heterocycles. The third kappa shape index (κ3) is 2.29. The van der Waals surface area contributed by atoms with Crippen molar-refractivity contribution in [2.75, 3.05) is 19.1 Å². The number of hydrogen-bond acceptors (Lipinski definition) is 4. The van der Waals surface area contributed by atoms with Crippen molar-refractivity contribution in [3.63, 3.8) is 0 Å². The number of nitrogens with zero attached hydrogens (tertiary/aromatic N) is 1. The first-order valence-corrected chi connectivity index (χ1v) is 11.3. The lowest BCUT2D eigenvalue weighted by atomic mass is 9.54. The number of carbonyl (C=O) groups is 2. The Kier molecular flexibility index (Phi) is 4.21. The van der Waals surface area contributed by atoms with E-state index in [-0.39, 0.29) is 0 Å². The minimum Gasteiger partial charge on any atom is -0.497 e. The lowest BCUT2D eigenvalue weighted by Crippen LogP contribution is -2.57. The smallest absolute Gasteiger partial charge is 0.240 e. The second-order valence-electron chi connectivity index (χ2n) is 8.52. The predicted octanol–water partition coefficient (Wildman–Crippen LogP) is 4.80. The number of anilines is 1. The molecule has 7 heteroatoms. The van der Waals surface area contributed by atoms with Gasteiger partial charge in [-0.05, 0) is 34.4 Å². The van der Waals surface area contributed by atoms with Crippen LogP contribution in [0.1, 0.15) is 22.3 Å². The quantitative estimate of drug-likeness (QED) is 0.399. The molecule has 0 N–H and O–H groups in total. The van der Waals surface area contributed by atoms with Gasteiger partial charge in [0, 0.05) is 6.07 Å². The average Bonchev–Trinajstić information content (AvgIpc) is 3.13. The summed E-state index contributed by atoms with van der Waals surface area (Å²) in [6.45, 7) is 0. The van der Waals surface area contributed by atoms with E-state index in [9.17, 15) is 9.59 Å². The van der Waals surface area contributed by atoms with Gasteiger partial charge in [-0.3, -0.25) is 9.59 Å². The van der Waals surface area contributed by atoms with Crippen LogP contribution in [0.2, 0.25) is 0 Å². The summed E-state index contributed by atoms with van der Waals surface area (Å²) in [6.07, 6.45) is 0. The number of rotatable bonds is 3. The number of methoxy groups -OCH3 is 2. The Morgan fingerprint density at radius 2 is 1.18 bits per heavy atom. The van der Waals surface area contributed by atoms with Crippen molar-refractivity contribution in [1.82, 2.24) is 0 Å². The molecule has 1 aliphatic heterocycles. The van der Waals surface area contributed by atoms with Crippen molar-refractivity contribution < 1.29 is 19.1 Å². The maximum Gasteiger partial charge on any atom is 0.240 e. The molecule has 3 aromatic rings. The summed E-state index contributed by atoms with van der Waals surface area (Å²) in [5, 5.41) is 0. The first-order valence-electron chi connectivity index (χ1n) is 10.6. The molecular formula is C26H19Cl2NO4. The Balaban J connectivity index is 1.62. The fourth-order valence-electron chi connectivity index (χ4n) is 5.87. The maximum absolute atomic E-state index is 14.0. The minimum absolute atomic E-state index is 0.343. The van der Waals surface area contributed by atoms with Crippen LogP contribution in [0.4, 0.5) is 5.69 Å². The van der Waals surface area contributed by atoms with E-state index in [0.29, 0.717) is 17.2 Å². The van der Waals surface area contributed by atoms with Gasteiger partial charge in [0.25, 0.3) is 0 Å². The topological polar surface area (TPSA) is 55.8 Å². The summed E-state index contributed by atoms with van der Waals surface area (Å²) in [4.78, 5) is 26.8. The van der Waals surface area contributed by atoms with E-state index in [1.54, 1.807) is 18.2 Å². The number of alkyl halides is 2. The van der Waals surface area contributed by atoms with Gasteiger partial charge in [0.1, 0.15) is 21.2 Å². The van der Waals surface area contributed by atoms with Crippen molar-refractivity contribution in [3.05, 3.63) is 89.0 Å². The Hall–Kier alpha value is -3.02. The molecule has 2 atom stereocenters. The van der Waals surface area contributed by atoms with Crippen LogP contribution in [0.25, 0.3) is 0 Å². The maximum atomic E-state index is 14.0. The Morgan fingerprint density at radius 3 is 1.58 bits per heavy atom. The second kappa shape index (κ2) is 6.75. The van der Waals surface area contributed by atoms with E-state index in [4.69, 9.17) is 32.7 Å². The van der Waals surface area contributed by atoms with Crippen molar-refractivity contribution in [2.24, 2.45) is 11.8 Å². The molecular weight excluding hydrogens is 461 g/mol. The molecule has 0 spiro atoms. The summed E-state index contributed by atoms with van der Waals surface area (Å²) in [5.74, 6) is -1.60. The molecule has 0 aromatic heterocycles. The highest BCUT2D eigenvalue weighted by molar-refractivity contribution is 6.38. The van der Waals surface area contributed by atoms with Crippen LogP contribution < -0.4 is 14.4 Å². The van der Waals surface area contributed by atoms with Crippen molar-refractivity contribution >= 4 is 40.7 Å². The Bertz CT molecular complexity index is 1230. The zero-order chi connectivity index (χ0) is 23.1. The highest BCUT2D eigenvalue weighted by atomic mass is 35.5. The minimum atomic E-state index is -1.21. The van der Waals surface area contributed by atoms with Gasteiger partial charge in [0.05, 0.1) is 31.7 Å². The predicted molar refractivity (Wildman–Crippen MR) is 125 cm³/mol. The van der Waals surface area contributed by atoms with Gasteiger partial charge in [0.2, 0.25) is 11.8 Å². The summed E-state index contributed by atoms with van der Waals surface area (Å²) in [5.41, 5.74) is 3.42. The molecule has 33 heavy (non-hydrogen) atoms. The van der Waals surface area contributed by atoms with E-state index in [1.165, 1.54) is 19.1 Å². The fraction of sp³-hybridized carbons (Fsp3) is 0.231. The van der Waals surface area contributed by atoms with E-state index in [0.717, 1.165) is 22.3 Å². The van der Waals surface area contributed by atoms with Crippen LogP contribution in [-0.4, -0.2) is 26.0 Å². The van der Waals surface area contributed by atoms with E-state index < -0.39 is 33.4 Å². The fourth-order valence-corrected chi connectivity index (χ4v) is 6.97. The highest BCUT2D eigenvalue weighted by Crippen LogP contribution is 2.69. The van der Waals surface area contributed by atoms with Gasteiger partial charge in [-0.2, -0.15) is 0 Å². The molecule has 3 aliphatic carbocycles. The normalized spacial score (nSPS) is 28.9. The van der Waals surface area contributed by atoms with Crippen LogP contribution in [0.5, 0.6) is 11.5 Å². The van der Waals surface area contributed by atoms with Gasteiger partial charge in [0.15, 0.2) is 0 Å². The average molecular weight is 480 g/mol. The van der Waals surface area contributed by atoms with E-state index in [1.807, 2.05) is 48.5 Å². The molecule has 0 radical (unpaired) electrons. The molecule has 7 rings (SSSR count). The molecule has 5 nitrogen and oxygen atoms in total. The number of carbonyl (C=O) groups excluding carboxylic acids is 2. The highest BCUT2D eigenvalue weighted by Gasteiger charge is 2.73. The SMILES string of the molecule is COc1ccc(N2C(=O)[C@@H]3[C@@H](C2=O)C2(Cl)c4ccccc4C3(Cl)c3ccccc32)c(OC)c1. The van der Waals surface area contributed by atoms with Crippen LogP contribution >= 0.6 is 23.2 Å². The van der Waals surface area contributed by atoms with Gasteiger partial charge in [-0.1, -0.05) is 48.5 Å². The molecule has 166 valence electrons. The molecule has 1 heterocycles. The largest absolute Gasteiger partial charge is 0.497 e. The van der Waals surface area contributed by atoms with Gasteiger partial charge >= 0.3 is 0 Å². The molecule has 0 saturated carbocycles. The molecule has 1 fully saturated rings. The Morgan fingerprint density at radius 1 is 0.727 bits per heavy atom. The van der Waals surface area contributed by atoms with Crippen LogP contribution in [-0.2, 0) is 19.3 Å². The lowest BCUT2D eigenvalue weighted by molar-refractivity contribution is -0.122. The molecule has 4 aliphatic rings. The van der Waals surface area contributed by atoms with Crippen molar-refractivity contribution in [1.29, 1.82) is 0 Å². The van der Waals surface area contributed by atoms with Crippen LogP contribution in [0, 0.1) is 11.8 Å². The third-order valence-corrected chi connectivity index (χ3v) is 8.50. The summed E-state index contributed by atoms with van der Waals surface area (Å²) >= 11 is 14.9. The second-order valence-corrected chi connectivity index (χ2v) is 9.71. The van der Waals surface area contributed by atoms with E-state index in [2.05, 4.69) is 0 Å². The number of ether oxygens (including phenoxy) is 2. The standard InChI is InChI=1S/C26H19Cl2NO4/c1-32-14-11-12-19(20(13-14)33-2)29-23(30)21-22(24(29)31)26(28)16-8-4-3-7-15(16)25(21,27)17-9-5-6-10-18(17)26/h3-13,21-22H,1-2H3/t21-,22-,25?,26?/m0/s1. The van der Waals surface area contributed by atoms with Crippen molar-refractivity contribution in [2.45, 2.75) is 9.75 Å². The van der Waals surface area contributed by atoms with Crippen LogP contribution in [0.15, 0.2) is 66.7 Å². The summed E-state index contributed by atoms with van der Waals surface area (Å²) < 4.78 is 10.8. The zero-order valence-corrected chi connectivity index (χ0v) is 19.4. The first-order chi connectivity index (χ1) is 15.9. The molecule has 2 bridgehead atoms. The number of benzene rings is 3. The molecule has 0 unspecified atom stereocenters. The zero-order valence-electron chi connectivity index (χ0n) is 17.8. The summed E-state index contributed by atoms with van der Waals surface area (Å²) in [7, 11) is 3.02. The number of amides is 2. The molecule has 3 aromatic carbocycles.